The number of thiazole rings is 1. The minimum absolute atomic E-state index is 0.101. The Labute approximate surface area is 86.1 Å². The number of carbonyl (C=O) groups is 1. The first-order chi connectivity index (χ1) is 6.34. The van der Waals surface area contributed by atoms with Gasteiger partial charge in [-0.05, 0) is 12.8 Å². The number of carbonyl (C=O) groups excluding carboxylic acids is 1. The Bertz CT molecular complexity index is 251. The molecule has 0 radical (unpaired) electrons. The second-order valence-electron chi connectivity index (χ2n) is 2.53. The van der Waals surface area contributed by atoms with Gasteiger partial charge < -0.3 is 5.32 Å². The minimum Gasteiger partial charge on any atom is -0.351 e. The number of rotatable bonds is 5. The van der Waals surface area contributed by atoms with Crippen LogP contribution in [0.2, 0.25) is 0 Å². The molecule has 0 aliphatic heterocycles. The number of nitrogens with zero attached hydrogens (tertiary/aromatic N) is 1. The number of alkyl halides is 1. The smallest absolute Gasteiger partial charge is 0.270 e. The van der Waals surface area contributed by atoms with Gasteiger partial charge in [-0.2, -0.15) is 0 Å². The van der Waals surface area contributed by atoms with Crippen LogP contribution in [-0.2, 0) is 0 Å². The quantitative estimate of drug-likeness (QED) is 0.606. The fourth-order valence-electron chi connectivity index (χ4n) is 0.837. The maximum Gasteiger partial charge on any atom is 0.270 e. The van der Waals surface area contributed by atoms with Crippen molar-refractivity contribution in [2.45, 2.75) is 12.8 Å². The van der Waals surface area contributed by atoms with Gasteiger partial charge in [0.05, 0.1) is 5.51 Å². The molecule has 72 valence electrons. The molecule has 1 heterocycles. The predicted molar refractivity (Wildman–Crippen MR) is 54.4 cm³/mol. The van der Waals surface area contributed by atoms with Crippen LogP contribution in [0.1, 0.15) is 23.3 Å². The van der Waals surface area contributed by atoms with Gasteiger partial charge in [-0.15, -0.1) is 22.9 Å². The number of hydrogen-bond donors (Lipinski definition) is 1. The van der Waals surface area contributed by atoms with Gasteiger partial charge in [0.15, 0.2) is 0 Å². The van der Waals surface area contributed by atoms with Crippen LogP contribution in [-0.4, -0.2) is 23.3 Å². The van der Waals surface area contributed by atoms with Crippen molar-refractivity contribution in [1.82, 2.24) is 10.3 Å². The summed E-state index contributed by atoms with van der Waals surface area (Å²) in [4.78, 5) is 15.2. The first-order valence-corrected chi connectivity index (χ1v) is 5.54. The second kappa shape index (κ2) is 5.94. The molecular weight excluding hydrogens is 208 g/mol. The molecule has 1 aromatic rings. The standard InChI is InChI=1S/C8H11ClN2OS/c9-3-1-2-4-10-8(12)7-5-13-6-11-7/h5-6H,1-4H2,(H,10,12). The highest BCUT2D eigenvalue weighted by molar-refractivity contribution is 7.07. The lowest BCUT2D eigenvalue weighted by Crippen LogP contribution is -2.24. The van der Waals surface area contributed by atoms with E-state index in [1.807, 2.05) is 0 Å². The summed E-state index contributed by atoms with van der Waals surface area (Å²) >= 11 is 6.91. The van der Waals surface area contributed by atoms with Crippen molar-refractivity contribution in [3.05, 3.63) is 16.6 Å². The Balaban J connectivity index is 2.19. The van der Waals surface area contributed by atoms with Gasteiger partial charge in [0.25, 0.3) is 5.91 Å². The summed E-state index contributed by atoms with van der Waals surface area (Å²) in [6.45, 7) is 0.670. The summed E-state index contributed by atoms with van der Waals surface area (Å²) in [6, 6.07) is 0. The molecule has 1 N–H and O–H groups in total. The maximum atomic E-state index is 11.3. The molecule has 5 heteroatoms. The first kappa shape index (κ1) is 10.5. The molecule has 0 aliphatic carbocycles. The minimum atomic E-state index is -0.101. The molecule has 0 saturated carbocycles. The molecule has 0 atom stereocenters. The molecule has 3 nitrogen and oxygen atoms in total. The van der Waals surface area contributed by atoms with Crippen molar-refractivity contribution in [3.63, 3.8) is 0 Å². The molecule has 1 rings (SSSR count). The van der Waals surface area contributed by atoms with Crippen molar-refractivity contribution in [1.29, 1.82) is 0 Å². The normalized spacial score (nSPS) is 9.92. The van der Waals surface area contributed by atoms with Crippen molar-refractivity contribution in [2.24, 2.45) is 0 Å². The molecule has 0 saturated heterocycles. The number of hydrogen-bond acceptors (Lipinski definition) is 3. The molecule has 0 unspecified atom stereocenters. The molecule has 0 fully saturated rings. The van der Waals surface area contributed by atoms with E-state index in [1.54, 1.807) is 10.9 Å². The van der Waals surface area contributed by atoms with E-state index in [0.717, 1.165) is 12.8 Å². The van der Waals surface area contributed by atoms with Gasteiger partial charge in [-0.1, -0.05) is 0 Å². The van der Waals surface area contributed by atoms with E-state index in [0.29, 0.717) is 18.1 Å². The number of unbranched alkanes of at least 4 members (excludes halogenated alkanes) is 1. The fourth-order valence-corrected chi connectivity index (χ4v) is 1.56. The van der Waals surface area contributed by atoms with Crippen LogP contribution in [0.15, 0.2) is 10.9 Å². The molecule has 0 bridgehead atoms. The lowest BCUT2D eigenvalue weighted by Gasteiger charge is -2.00. The van der Waals surface area contributed by atoms with E-state index in [9.17, 15) is 4.79 Å². The Morgan fingerprint density at radius 3 is 3.08 bits per heavy atom. The van der Waals surface area contributed by atoms with Crippen LogP contribution in [0, 0.1) is 0 Å². The molecule has 0 aliphatic rings. The monoisotopic (exact) mass is 218 g/mol. The number of halogens is 1. The van der Waals surface area contributed by atoms with Crippen molar-refractivity contribution in [3.8, 4) is 0 Å². The Kier molecular flexibility index (Phi) is 4.78. The number of amides is 1. The van der Waals surface area contributed by atoms with Crippen molar-refractivity contribution in [2.75, 3.05) is 12.4 Å². The maximum absolute atomic E-state index is 11.3. The third-order valence-corrected chi connectivity index (χ3v) is 2.36. The summed E-state index contributed by atoms with van der Waals surface area (Å²) in [5.41, 5.74) is 2.14. The highest BCUT2D eigenvalue weighted by atomic mass is 35.5. The predicted octanol–water partition coefficient (Wildman–Crippen LogP) is 1.89. The van der Waals surface area contributed by atoms with Crippen LogP contribution in [0.5, 0.6) is 0 Å². The average Bonchev–Trinajstić information content (AvgIpc) is 2.65. The SMILES string of the molecule is O=C(NCCCCCl)c1cscn1. The van der Waals surface area contributed by atoms with Crippen LogP contribution in [0.25, 0.3) is 0 Å². The Morgan fingerprint density at radius 2 is 2.46 bits per heavy atom. The van der Waals surface area contributed by atoms with E-state index in [2.05, 4.69) is 10.3 Å². The van der Waals surface area contributed by atoms with Crippen LogP contribution in [0.3, 0.4) is 0 Å². The number of nitrogens with one attached hydrogen (secondary N) is 1. The van der Waals surface area contributed by atoms with Gasteiger partial charge >= 0.3 is 0 Å². The van der Waals surface area contributed by atoms with E-state index < -0.39 is 0 Å². The number of aromatic nitrogens is 1. The summed E-state index contributed by atoms with van der Waals surface area (Å²) < 4.78 is 0. The molecule has 1 amide bonds. The lowest BCUT2D eigenvalue weighted by molar-refractivity contribution is 0.0949. The molecule has 0 spiro atoms. The van der Waals surface area contributed by atoms with Gasteiger partial charge in [-0.3, -0.25) is 4.79 Å². The fraction of sp³-hybridized carbons (Fsp3) is 0.500. The van der Waals surface area contributed by atoms with E-state index in [-0.39, 0.29) is 5.91 Å². The van der Waals surface area contributed by atoms with Crippen LogP contribution < -0.4 is 5.32 Å². The largest absolute Gasteiger partial charge is 0.351 e. The summed E-state index contributed by atoms with van der Waals surface area (Å²) in [5.74, 6) is 0.544. The summed E-state index contributed by atoms with van der Waals surface area (Å²) in [5, 5.41) is 4.50. The topological polar surface area (TPSA) is 42.0 Å². The summed E-state index contributed by atoms with van der Waals surface area (Å²) in [7, 11) is 0. The highest BCUT2D eigenvalue weighted by Crippen LogP contribution is 2.00. The van der Waals surface area contributed by atoms with Gasteiger partial charge in [0.2, 0.25) is 0 Å². The molecule has 0 aromatic carbocycles. The van der Waals surface area contributed by atoms with Crippen LogP contribution >= 0.6 is 22.9 Å². The van der Waals surface area contributed by atoms with Gasteiger partial charge in [0.1, 0.15) is 5.69 Å². The summed E-state index contributed by atoms with van der Waals surface area (Å²) in [6.07, 6.45) is 1.85. The average molecular weight is 219 g/mol. The van der Waals surface area contributed by atoms with Gasteiger partial charge in [-0.25, -0.2) is 4.98 Å². The van der Waals surface area contributed by atoms with Crippen LogP contribution in [0.4, 0.5) is 0 Å². The zero-order valence-electron chi connectivity index (χ0n) is 7.12. The van der Waals surface area contributed by atoms with E-state index in [4.69, 9.17) is 11.6 Å². The third-order valence-electron chi connectivity index (χ3n) is 1.51. The zero-order valence-corrected chi connectivity index (χ0v) is 8.70. The zero-order chi connectivity index (χ0) is 9.52. The molecule has 13 heavy (non-hydrogen) atoms. The lowest BCUT2D eigenvalue weighted by atomic mass is 10.3. The first-order valence-electron chi connectivity index (χ1n) is 4.07. The Morgan fingerprint density at radius 1 is 1.62 bits per heavy atom. The second-order valence-corrected chi connectivity index (χ2v) is 3.62. The Hall–Kier alpha value is -0.610. The molecular formula is C8H11ClN2OS. The van der Waals surface area contributed by atoms with E-state index >= 15 is 0 Å². The highest BCUT2D eigenvalue weighted by Gasteiger charge is 2.05. The van der Waals surface area contributed by atoms with E-state index in [1.165, 1.54) is 11.3 Å². The van der Waals surface area contributed by atoms with Crippen molar-refractivity contribution >= 4 is 28.8 Å². The van der Waals surface area contributed by atoms with Gasteiger partial charge in [0, 0.05) is 17.8 Å². The molecule has 1 aromatic heterocycles. The van der Waals surface area contributed by atoms with Crippen molar-refractivity contribution < 1.29 is 4.79 Å². The third kappa shape index (κ3) is 3.74.